The van der Waals surface area contributed by atoms with Gasteiger partial charge in [0.2, 0.25) is 11.7 Å². The number of nitrogens with zero attached hydrogens (tertiary/aromatic N) is 3. The molecule has 0 bridgehead atoms. The molecule has 2 N–H and O–H groups in total. The lowest BCUT2D eigenvalue weighted by Crippen LogP contribution is -2.14. The molecule has 0 radical (unpaired) electrons. The molecule has 2 aromatic heterocycles. The van der Waals surface area contributed by atoms with Crippen molar-refractivity contribution in [2.75, 3.05) is 10.6 Å². The summed E-state index contributed by atoms with van der Waals surface area (Å²) >= 11 is 0. The van der Waals surface area contributed by atoms with Crippen molar-refractivity contribution in [1.29, 1.82) is 0 Å². The summed E-state index contributed by atoms with van der Waals surface area (Å²) in [6.07, 6.45) is -2.28. The smallest absolute Gasteiger partial charge is 0.418 e. The van der Waals surface area contributed by atoms with Crippen LogP contribution in [0.15, 0.2) is 70.0 Å². The molecule has 2 aromatic carbocycles. The van der Waals surface area contributed by atoms with E-state index in [4.69, 9.17) is 8.94 Å². The van der Waals surface area contributed by atoms with Crippen LogP contribution in [0.4, 0.5) is 30.2 Å². The quantitative estimate of drug-likeness (QED) is 0.279. The Morgan fingerprint density at radius 1 is 1.15 bits per heavy atom. The Hall–Kier alpha value is -4.68. The maximum absolute atomic E-state index is 13.6. The summed E-state index contributed by atoms with van der Waals surface area (Å²) in [7, 11) is 0. The molecule has 0 aliphatic rings. The Labute approximate surface area is 188 Å². The largest absolute Gasteiger partial charge is 0.472 e. The summed E-state index contributed by atoms with van der Waals surface area (Å²) in [5, 5.41) is 19.6. The number of rotatable bonds is 7. The predicted octanol–water partition coefficient (Wildman–Crippen LogP) is 5.12. The van der Waals surface area contributed by atoms with Gasteiger partial charge < -0.3 is 19.6 Å². The molecule has 0 fully saturated rings. The van der Waals surface area contributed by atoms with Crippen LogP contribution < -0.4 is 10.6 Å². The Bertz CT molecular complexity index is 1330. The molecule has 0 aliphatic heterocycles. The minimum atomic E-state index is -4.72. The number of alkyl halides is 3. The molecule has 0 aliphatic carbocycles. The van der Waals surface area contributed by atoms with Gasteiger partial charge in [-0.05, 0) is 24.3 Å². The first-order chi connectivity index (χ1) is 16.2. The molecule has 2 heterocycles. The van der Waals surface area contributed by atoms with Crippen molar-refractivity contribution >= 4 is 23.0 Å². The molecule has 4 aromatic rings. The third-order valence-corrected chi connectivity index (χ3v) is 4.58. The molecule has 13 heteroatoms. The van der Waals surface area contributed by atoms with Crippen LogP contribution in [0, 0.1) is 10.1 Å². The first-order valence-corrected chi connectivity index (χ1v) is 9.57. The lowest BCUT2D eigenvalue weighted by Gasteiger charge is -2.15. The molecule has 0 saturated carbocycles. The molecule has 0 saturated heterocycles. The van der Waals surface area contributed by atoms with Crippen molar-refractivity contribution in [1.82, 2.24) is 10.1 Å². The van der Waals surface area contributed by atoms with Gasteiger partial charge in [0.05, 0.1) is 28.9 Å². The van der Waals surface area contributed by atoms with Crippen molar-refractivity contribution in [3.63, 3.8) is 0 Å². The van der Waals surface area contributed by atoms with Crippen LogP contribution in [0.5, 0.6) is 0 Å². The maximum atomic E-state index is 13.6. The number of amides is 1. The minimum Gasteiger partial charge on any atom is -0.472 e. The van der Waals surface area contributed by atoms with E-state index in [0.29, 0.717) is 5.56 Å². The number of nitro benzene ring substituents is 1. The van der Waals surface area contributed by atoms with Crippen molar-refractivity contribution in [2.45, 2.75) is 12.7 Å². The second-order valence-electron chi connectivity index (χ2n) is 6.90. The van der Waals surface area contributed by atoms with Crippen LogP contribution in [-0.4, -0.2) is 21.0 Å². The molecule has 10 nitrogen and oxygen atoms in total. The standard InChI is InChI=1S/C21H14F3N5O5/c22-21(23,24)16-9-14(26-20(30)13-6-7-33-11-13)4-5-17(16)25-10-18-27-19(28-34-18)12-2-1-3-15(8-12)29(31)32/h1-9,11,25H,10H2,(H,26,30). The lowest BCUT2D eigenvalue weighted by molar-refractivity contribution is -0.384. The Morgan fingerprint density at radius 3 is 2.68 bits per heavy atom. The van der Waals surface area contributed by atoms with E-state index in [1.807, 2.05) is 0 Å². The van der Waals surface area contributed by atoms with Crippen LogP contribution in [0.25, 0.3) is 11.4 Å². The van der Waals surface area contributed by atoms with E-state index in [-0.39, 0.29) is 40.9 Å². The number of nitro groups is 1. The average molecular weight is 473 g/mol. The SMILES string of the molecule is O=C(Nc1ccc(NCc2nc(-c3cccc([N+](=O)[O-])c3)no2)c(C(F)(F)F)c1)c1ccoc1. The molecule has 0 unspecified atom stereocenters. The Kier molecular flexibility index (Phi) is 5.99. The van der Waals surface area contributed by atoms with Gasteiger partial charge >= 0.3 is 6.18 Å². The summed E-state index contributed by atoms with van der Waals surface area (Å²) in [5.41, 5.74) is -1.05. The van der Waals surface area contributed by atoms with Crippen LogP contribution in [0.3, 0.4) is 0 Å². The van der Waals surface area contributed by atoms with E-state index in [1.165, 1.54) is 48.9 Å². The molecular formula is C21H14F3N5O5. The molecule has 174 valence electrons. The van der Waals surface area contributed by atoms with Crippen molar-refractivity contribution in [3.8, 4) is 11.4 Å². The van der Waals surface area contributed by atoms with Gasteiger partial charge in [0.25, 0.3) is 11.6 Å². The molecular weight excluding hydrogens is 459 g/mol. The van der Waals surface area contributed by atoms with Gasteiger partial charge in [-0.15, -0.1) is 0 Å². The fraction of sp³-hybridized carbons (Fsp3) is 0.0952. The third kappa shape index (κ3) is 5.03. The van der Waals surface area contributed by atoms with E-state index in [2.05, 4.69) is 20.8 Å². The number of non-ortho nitro benzene ring substituents is 1. The summed E-state index contributed by atoms with van der Waals surface area (Å²) in [6, 6.07) is 10.2. The van der Waals surface area contributed by atoms with E-state index in [0.717, 1.165) is 12.1 Å². The Balaban J connectivity index is 1.50. The van der Waals surface area contributed by atoms with Crippen LogP contribution >= 0.6 is 0 Å². The highest BCUT2D eigenvalue weighted by molar-refractivity contribution is 6.04. The van der Waals surface area contributed by atoms with Gasteiger partial charge in [-0.3, -0.25) is 14.9 Å². The van der Waals surface area contributed by atoms with Gasteiger partial charge in [0.15, 0.2) is 0 Å². The zero-order valence-corrected chi connectivity index (χ0v) is 17.0. The van der Waals surface area contributed by atoms with Gasteiger partial charge in [-0.25, -0.2) is 0 Å². The summed E-state index contributed by atoms with van der Waals surface area (Å²) in [4.78, 5) is 26.5. The van der Waals surface area contributed by atoms with E-state index in [1.54, 1.807) is 0 Å². The highest BCUT2D eigenvalue weighted by atomic mass is 19.4. The minimum absolute atomic E-state index is 0.0352. The average Bonchev–Trinajstić information content (AvgIpc) is 3.50. The van der Waals surface area contributed by atoms with Crippen molar-refractivity contribution in [2.24, 2.45) is 0 Å². The molecule has 0 spiro atoms. The number of hydrogen-bond acceptors (Lipinski definition) is 8. The fourth-order valence-electron chi connectivity index (χ4n) is 2.98. The lowest BCUT2D eigenvalue weighted by atomic mass is 10.1. The second-order valence-corrected chi connectivity index (χ2v) is 6.90. The van der Waals surface area contributed by atoms with E-state index >= 15 is 0 Å². The van der Waals surface area contributed by atoms with Crippen LogP contribution in [0.1, 0.15) is 21.8 Å². The number of carbonyl (C=O) groups is 1. The summed E-state index contributed by atoms with van der Waals surface area (Å²) in [6.45, 7) is -0.244. The second kappa shape index (κ2) is 9.05. The van der Waals surface area contributed by atoms with E-state index in [9.17, 15) is 28.1 Å². The molecule has 4 rings (SSSR count). The first kappa shape index (κ1) is 22.5. The van der Waals surface area contributed by atoms with Crippen LogP contribution in [0.2, 0.25) is 0 Å². The van der Waals surface area contributed by atoms with Gasteiger partial charge in [-0.2, -0.15) is 18.2 Å². The van der Waals surface area contributed by atoms with E-state index < -0.39 is 22.6 Å². The van der Waals surface area contributed by atoms with Gasteiger partial charge in [0.1, 0.15) is 6.26 Å². The zero-order chi connectivity index (χ0) is 24.3. The molecule has 34 heavy (non-hydrogen) atoms. The van der Waals surface area contributed by atoms with Gasteiger partial charge in [-0.1, -0.05) is 17.3 Å². The highest BCUT2D eigenvalue weighted by Crippen LogP contribution is 2.37. The monoisotopic (exact) mass is 473 g/mol. The number of furan rings is 1. The van der Waals surface area contributed by atoms with Crippen molar-refractivity contribution in [3.05, 3.63) is 88.2 Å². The topological polar surface area (TPSA) is 136 Å². The summed E-state index contributed by atoms with van der Waals surface area (Å²) in [5.74, 6) is -0.608. The number of benzene rings is 2. The number of nitrogens with one attached hydrogen (secondary N) is 2. The molecule has 1 amide bonds. The zero-order valence-electron chi connectivity index (χ0n) is 17.0. The van der Waals surface area contributed by atoms with Crippen molar-refractivity contribution < 1.29 is 31.8 Å². The summed E-state index contributed by atoms with van der Waals surface area (Å²) < 4.78 is 50.7. The fourth-order valence-corrected chi connectivity index (χ4v) is 2.98. The maximum Gasteiger partial charge on any atom is 0.418 e. The number of halogens is 3. The predicted molar refractivity (Wildman–Crippen MR) is 112 cm³/mol. The number of aromatic nitrogens is 2. The Morgan fingerprint density at radius 2 is 1.97 bits per heavy atom. The van der Waals surface area contributed by atoms with Gasteiger partial charge in [0, 0.05) is 29.1 Å². The number of hydrogen-bond donors (Lipinski definition) is 2. The number of carbonyl (C=O) groups excluding carboxylic acids is 1. The number of anilines is 2. The highest BCUT2D eigenvalue weighted by Gasteiger charge is 2.34. The third-order valence-electron chi connectivity index (χ3n) is 4.58. The first-order valence-electron chi connectivity index (χ1n) is 9.57. The normalized spacial score (nSPS) is 11.3. The van der Waals surface area contributed by atoms with Crippen LogP contribution in [-0.2, 0) is 12.7 Å². The molecule has 0 atom stereocenters.